The lowest BCUT2D eigenvalue weighted by molar-refractivity contribution is -0.153. The molecule has 3 aliphatic carbocycles. The minimum Gasteiger partial charge on any atom is -0.461 e. The first kappa shape index (κ1) is 25.3. The lowest BCUT2D eigenvalue weighted by atomic mass is 9.81. The minimum absolute atomic E-state index is 0.000883. The van der Waals surface area contributed by atoms with E-state index in [-0.39, 0.29) is 24.2 Å². The summed E-state index contributed by atoms with van der Waals surface area (Å²) in [7, 11) is 0. The van der Waals surface area contributed by atoms with Crippen LogP contribution in [-0.4, -0.2) is 42.9 Å². The van der Waals surface area contributed by atoms with Crippen molar-refractivity contribution >= 4 is 12.1 Å². The highest BCUT2D eigenvalue weighted by molar-refractivity contribution is 5.76. The predicted octanol–water partition coefficient (Wildman–Crippen LogP) is 5.34. The SMILES string of the molecule is CC(C)(C)OC(=O)NCC1CCC(CNC(C(=O)OC2CCCC2)C2CCCCC2)CC1. The van der Waals surface area contributed by atoms with Crippen molar-refractivity contribution in [3.63, 3.8) is 0 Å². The lowest BCUT2D eigenvalue weighted by Crippen LogP contribution is -2.47. The van der Waals surface area contributed by atoms with E-state index in [1.807, 2.05) is 20.8 Å². The van der Waals surface area contributed by atoms with Crippen molar-refractivity contribution in [2.24, 2.45) is 17.8 Å². The van der Waals surface area contributed by atoms with Crippen LogP contribution in [0.4, 0.5) is 4.79 Å². The molecule has 0 aromatic carbocycles. The Morgan fingerprint density at radius 2 is 1.38 bits per heavy atom. The molecule has 3 aliphatic rings. The standard InChI is InChI=1S/C26H46N2O4/c1-26(2,3)32-25(30)28-18-20-15-13-19(14-16-20)17-27-23(21-9-5-4-6-10-21)24(29)31-22-11-7-8-12-22/h19-23,27H,4-18H2,1-3H3,(H,28,30). The number of ether oxygens (including phenoxy) is 2. The Morgan fingerprint density at radius 1 is 0.812 bits per heavy atom. The first-order valence-electron chi connectivity index (χ1n) is 13.2. The van der Waals surface area contributed by atoms with Gasteiger partial charge in [-0.05, 0) is 109 Å². The number of rotatable bonds is 8. The molecule has 2 N–H and O–H groups in total. The van der Waals surface area contributed by atoms with Crippen LogP contribution in [0.3, 0.4) is 0 Å². The molecule has 0 aromatic heterocycles. The summed E-state index contributed by atoms with van der Waals surface area (Å²) in [6.45, 7) is 7.24. The first-order chi connectivity index (χ1) is 15.3. The summed E-state index contributed by atoms with van der Waals surface area (Å²) in [4.78, 5) is 24.9. The molecule has 184 valence electrons. The molecule has 0 aliphatic heterocycles. The van der Waals surface area contributed by atoms with Crippen LogP contribution < -0.4 is 10.6 Å². The topological polar surface area (TPSA) is 76.7 Å². The number of hydrogen-bond donors (Lipinski definition) is 2. The Hall–Kier alpha value is -1.30. The molecular weight excluding hydrogens is 404 g/mol. The van der Waals surface area contributed by atoms with Crippen molar-refractivity contribution in [1.82, 2.24) is 10.6 Å². The zero-order valence-electron chi connectivity index (χ0n) is 20.6. The maximum Gasteiger partial charge on any atom is 0.407 e. The van der Waals surface area contributed by atoms with Gasteiger partial charge in [-0.15, -0.1) is 0 Å². The van der Waals surface area contributed by atoms with Gasteiger partial charge in [0.1, 0.15) is 17.7 Å². The molecule has 3 saturated carbocycles. The maximum atomic E-state index is 13.0. The van der Waals surface area contributed by atoms with Gasteiger partial charge in [0.25, 0.3) is 0 Å². The third-order valence-corrected chi connectivity index (χ3v) is 7.49. The Bertz CT molecular complexity index is 583. The van der Waals surface area contributed by atoms with Gasteiger partial charge in [-0.1, -0.05) is 19.3 Å². The molecule has 0 radical (unpaired) electrons. The van der Waals surface area contributed by atoms with E-state index < -0.39 is 5.60 Å². The summed E-state index contributed by atoms with van der Waals surface area (Å²) in [5, 5.41) is 6.59. The van der Waals surface area contributed by atoms with Gasteiger partial charge in [0, 0.05) is 6.54 Å². The van der Waals surface area contributed by atoms with Gasteiger partial charge in [-0.2, -0.15) is 0 Å². The predicted molar refractivity (Wildman–Crippen MR) is 126 cm³/mol. The van der Waals surface area contributed by atoms with Crippen LogP contribution in [0.5, 0.6) is 0 Å². The monoisotopic (exact) mass is 450 g/mol. The molecule has 3 fully saturated rings. The average Bonchev–Trinajstić information content (AvgIpc) is 3.26. The number of amides is 1. The van der Waals surface area contributed by atoms with E-state index >= 15 is 0 Å². The van der Waals surface area contributed by atoms with Gasteiger partial charge in [0.05, 0.1) is 0 Å². The number of nitrogens with one attached hydrogen (secondary N) is 2. The van der Waals surface area contributed by atoms with Gasteiger partial charge in [0.15, 0.2) is 0 Å². The zero-order chi connectivity index (χ0) is 23.0. The maximum absolute atomic E-state index is 13.0. The highest BCUT2D eigenvalue weighted by Crippen LogP contribution is 2.31. The summed E-state index contributed by atoms with van der Waals surface area (Å²) < 4.78 is 11.3. The molecule has 0 bridgehead atoms. The number of carbonyl (C=O) groups is 2. The van der Waals surface area contributed by atoms with Crippen molar-refractivity contribution in [2.45, 2.75) is 122 Å². The fourth-order valence-corrected chi connectivity index (χ4v) is 5.63. The lowest BCUT2D eigenvalue weighted by Gasteiger charge is -2.33. The second-order valence-corrected chi connectivity index (χ2v) is 11.4. The van der Waals surface area contributed by atoms with Gasteiger partial charge in [0.2, 0.25) is 0 Å². The van der Waals surface area contributed by atoms with Crippen LogP contribution in [-0.2, 0) is 14.3 Å². The number of alkyl carbamates (subject to hydrolysis) is 1. The molecule has 0 aromatic rings. The second-order valence-electron chi connectivity index (χ2n) is 11.4. The van der Waals surface area contributed by atoms with E-state index in [0.717, 1.165) is 57.9 Å². The first-order valence-corrected chi connectivity index (χ1v) is 13.2. The number of esters is 1. The fraction of sp³-hybridized carbons (Fsp3) is 0.923. The van der Waals surface area contributed by atoms with Crippen molar-refractivity contribution in [1.29, 1.82) is 0 Å². The molecular formula is C26H46N2O4. The van der Waals surface area contributed by atoms with Crippen LogP contribution >= 0.6 is 0 Å². The van der Waals surface area contributed by atoms with Gasteiger partial charge in [-0.25, -0.2) is 4.79 Å². The van der Waals surface area contributed by atoms with E-state index in [0.29, 0.717) is 24.3 Å². The normalized spacial score (nSPS) is 26.5. The molecule has 0 saturated heterocycles. The highest BCUT2D eigenvalue weighted by Gasteiger charge is 2.33. The quantitative estimate of drug-likeness (QED) is 0.488. The van der Waals surface area contributed by atoms with E-state index in [1.54, 1.807) is 0 Å². The second kappa shape index (κ2) is 12.2. The molecule has 0 spiro atoms. The molecule has 1 unspecified atom stereocenters. The molecule has 1 atom stereocenters. The van der Waals surface area contributed by atoms with Crippen LogP contribution in [0.2, 0.25) is 0 Å². The van der Waals surface area contributed by atoms with Crippen LogP contribution in [0, 0.1) is 17.8 Å². The number of hydrogen-bond acceptors (Lipinski definition) is 5. The summed E-state index contributed by atoms with van der Waals surface area (Å²) in [5.74, 6) is 1.53. The molecule has 1 amide bonds. The van der Waals surface area contributed by atoms with E-state index in [2.05, 4.69) is 10.6 Å². The molecule has 0 heterocycles. The Balaban J connectivity index is 1.40. The Morgan fingerprint density at radius 3 is 1.97 bits per heavy atom. The highest BCUT2D eigenvalue weighted by atomic mass is 16.6. The third-order valence-electron chi connectivity index (χ3n) is 7.49. The van der Waals surface area contributed by atoms with Gasteiger partial charge < -0.3 is 20.1 Å². The zero-order valence-corrected chi connectivity index (χ0v) is 20.6. The largest absolute Gasteiger partial charge is 0.461 e. The van der Waals surface area contributed by atoms with Crippen molar-refractivity contribution < 1.29 is 19.1 Å². The Kier molecular flexibility index (Phi) is 9.69. The van der Waals surface area contributed by atoms with Crippen molar-refractivity contribution in [3.05, 3.63) is 0 Å². The average molecular weight is 451 g/mol. The summed E-state index contributed by atoms with van der Waals surface area (Å²) in [6.07, 6.45) is 14.8. The molecule has 3 rings (SSSR count). The van der Waals surface area contributed by atoms with Gasteiger partial charge >= 0.3 is 12.1 Å². The smallest absolute Gasteiger partial charge is 0.407 e. The van der Waals surface area contributed by atoms with Crippen molar-refractivity contribution in [3.8, 4) is 0 Å². The third kappa shape index (κ3) is 8.57. The molecule has 32 heavy (non-hydrogen) atoms. The fourth-order valence-electron chi connectivity index (χ4n) is 5.63. The van der Waals surface area contributed by atoms with Crippen LogP contribution in [0.1, 0.15) is 104 Å². The summed E-state index contributed by atoms with van der Waals surface area (Å²) in [6, 6.07) is -0.137. The molecule has 6 nitrogen and oxygen atoms in total. The van der Waals surface area contributed by atoms with Crippen LogP contribution in [0.25, 0.3) is 0 Å². The number of carbonyl (C=O) groups excluding carboxylic acids is 2. The van der Waals surface area contributed by atoms with Crippen molar-refractivity contribution in [2.75, 3.05) is 13.1 Å². The summed E-state index contributed by atoms with van der Waals surface area (Å²) >= 11 is 0. The minimum atomic E-state index is -0.457. The van der Waals surface area contributed by atoms with E-state index in [1.165, 1.54) is 32.1 Å². The van der Waals surface area contributed by atoms with E-state index in [9.17, 15) is 9.59 Å². The van der Waals surface area contributed by atoms with Crippen LogP contribution in [0.15, 0.2) is 0 Å². The Labute approximate surface area is 194 Å². The molecule has 6 heteroatoms. The van der Waals surface area contributed by atoms with E-state index in [4.69, 9.17) is 9.47 Å². The van der Waals surface area contributed by atoms with Gasteiger partial charge in [-0.3, -0.25) is 4.79 Å². The summed E-state index contributed by atoms with van der Waals surface area (Å²) in [5.41, 5.74) is -0.457.